The number of benzene rings is 1. The summed E-state index contributed by atoms with van der Waals surface area (Å²) in [7, 11) is 2.78. The number of rotatable bonds is 7. The van der Waals surface area contributed by atoms with E-state index in [0.717, 1.165) is 25.3 Å². The van der Waals surface area contributed by atoms with Crippen molar-refractivity contribution >= 4 is 28.1 Å². The fourth-order valence-corrected chi connectivity index (χ4v) is 4.16. The van der Waals surface area contributed by atoms with E-state index in [1.807, 2.05) is 5.38 Å². The Balaban J connectivity index is 1.75. The van der Waals surface area contributed by atoms with Crippen LogP contribution in [0.1, 0.15) is 35.8 Å². The molecule has 0 saturated carbocycles. The quantitative estimate of drug-likeness (QED) is 0.539. The molecule has 1 amide bonds. The molecule has 10 heteroatoms. The van der Waals surface area contributed by atoms with Gasteiger partial charge in [0.1, 0.15) is 5.56 Å². The highest BCUT2D eigenvalue weighted by Gasteiger charge is 2.25. The first-order chi connectivity index (χ1) is 13.9. The lowest BCUT2D eigenvalue weighted by Gasteiger charge is -2.30. The van der Waals surface area contributed by atoms with Crippen molar-refractivity contribution < 1.29 is 19.2 Å². The average molecular weight is 420 g/mol. The molecule has 1 fully saturated rings. The topological polar surface area (TPSA) is 107 Å². The number of nitro groups is 1. The molecule has 1 saturated heterocycles. The fraction of sp³-hybridized carbons (Fsp3) is 0.474. The summed E-state index contributed by atoms with van der Waals surface area (Å²) in [6.07, 6.45) is 2.43. The van der Waals surface area contributed by atoms with Crippen LogP contribution < -0.4 is 14.8 Å². The van der Waals surface area contributed by atoms with Crippen LogP contribution in [0.3, 0.4) is 0 Å². The van der Waals surface area contributed by atoms with E-state index < -0.39 is 10.8 Å². The molecule has 1 N–H and O–H groups in total. The van der Waals surface area contributed by atoms with Crippen molar-refractivity contribution in [2.45, 2.75) is 26.3 Å². The summed E-state index contributed by atoms with van der Waals surface area (Å²) in [6, 6.07) is 2.48. The van der Waals surface area contributed by atoms with E-state index in [1.165, 1.54) is 50.5 Å². The van der Waals surface area contributed by atoms with Gasteiger partial charge >= 0.3 is 0 Å². The number of hydrogen-bond donors (Lipinski definition) is 1. The van der Waals surface area contributed by atoms with Gasteiger partial charge in [0.2, 0.25) is 0 Å². The fourth-order valence-electron chi connectivity index (χ4n) is 3.46. The van der Waals surface area contributed by atoms with E-state index in [0.29, 0.717) is 11.0 Å². The highest BCUT2D eigenvalue weighted by molar-refractivity contribution is 7.14. The number of anilines is 1. The molecule has 0 unspecified atom stereocenters. The number of piperidine rings is 1. The lowest BCUT2D eigenvalue weighted by atomic mass is 10.0. The Morgan fingerprint density at radius 3 is 2.76 bits per heavy atom. The van der Waals surface area contributed by atoms with Crippen LogP contribution in [-0.2, 0) is 6.54 Å². The standard InChI is InChI=1S/C19H24N4O5S/c1-12-5-4-6-22(9-12)10-13-11-29-19(20-13)21-18(24)14-7-16(27-2)17(28-3)8-15(14)23(25)26/h7-8,11-12H,4-6,9-10H2,1-3H3,(H,20,21,24)/t12-/m1/s1. The molecule has 0 radical (unpaired) electrons. The Morgan fingerprint density at radius 1 is 1.38 bits per heavy atom. The zero-order chi connectivity index (χ0) is 21.0. The van der Waals surface area contributed by atoms with Crippen LogP contribution in [0.15, 0.2) is 17.5 Å². The number of likely N-dealkylation sites (tertiary alicyclic amines) is 1. The molecular weight excluding hydrogens is 396 g/mol. The molecule has 0 aliphatic carbocycles. The number of ether oxygens (including phenoxy) is 2. The summed E-state index contributed by atoms with van der Waals surface area (Å²) >= 11 is 1.30. The van der Waals surface area contributed by atoms with Crippen molar-refractivity contribution in [3.05, 3.63) is 38.9 Å². The number of thiazole rings is 1. The third kappa shape index (κ3) is 5.01. The number of carbonyl (C=O) groups excluding carboxylic acids is 1. The van der Waals surface area contributed by atoms with Crippen LogP contribution in [-0.4, -0.2) is 48.0 Å². The zero-order valence-corrected chi connectivity index (χ0v) is 17.5. The third-order valence-electron chi connectivity index (χ3n) is 4.84. The Kier molecular flexibility index (Phi) is 6.65. The zero-order valence-electron chi connectivity index (χ0n) is 16.6. The van der Waals surface area contributed by atoms with E-state index >= 15 is 0 Å². The van der Waals surface area contributed by atoms with Gasteiger partial charge in [0.15, 0.2) is 16.6 Å². The van der Waals surface area contributed by atoms with Gasteiger partial charge in [0.25, 0.3) is 11.6 Å². The second-order valence-corrected chi connectivity index (χ2v) is 7.92. The molecule has 0 spiro atoms. The van der Waals surface area contributed by atoms with Crippen molar-refractivity contribution in [3.63, 3.8) is 0 Å². The van der Waals surface area contributed by atoms with Gasteiger partial charge in [0.05, 0.1) is 30.9 Å². The summed E-state index contributed by atoms with van der Waals surface area (Å²) in [6.45, 7) is 5.06. The van der Waals surface area contributed by atoms with Crippen LogP contribution in [0.4, 0.5) is 10.8 Å². The van der Waals surface area contributed by atoms with Gasteiger partial charge in [-0.1, -0.05) is 6.92 Å². The van der Waals surface area contributed by atoms with E-state index in [9.17, 15) is 14.9 Å². The van der Waals surface area contributed by atoms with Crippen molar-refractivity contribution in [1.82, 2.24) is 9.88 Å². The smallest absolute Gasteiger partial charge is 0.286 e. The molecule has 2 heterocycles. The number of hydrogen-bond acceptors (Lipinski definition) is 8. The first kappa shape index (κ1) is 21.0. The second kappa shape index (κ2) is 9.19. The molecule has 1 atom stereocenters. The molecule has 1 aliphatic rings. The molecular formula is C19H24N4O5S. The predicted octanol–water partition coefficient (Wildman–Crippen LogP) is 3.55. The maximum absolute atomic E-state index is 12.7. The minimum atomic E-state index is -0.623. The molecule has 2 aromatic rings. The summed E-state index contributed by atoms with van der Waals surface area (Å²) in [5.41, 5.74) is 0.398. The molecule has 29 heavy (non-hydrogen) atoms. The molecule has 9 nitrogen and oxygen atoms in total. The lowest BCUT2D eigenvalue weighted by Crippen LogP contribution is -2.33. The Hall–Kier alpha value is -2.72. The Bertz CT molecular complexity index is 901. The number of nitrogens with zero attached hydrogens (tertiary/aromatic N) is 3. The van der Waals surface area contributed by atoms with E-state index in [1.54, 1.807) is 0 Å². The maximum atomic E-state index is 12.7. The normalized spacial score (nSPS) is 17.0. The van der Waals surface area contributed by atoms with Gasteiger partial charge in [-0.05, 0) is 25.3 Å². The van der Waals surface area contributed by atoms with Crippen LogP contribution >= 0.6 is 11.3 Å². The molecule has 156 valence electrons. The Labute approximate surface area is 172 Å². The summed E-state index contributed by atoms with van der Waals surface area (Å²) in [4.78, 5) is 30.3. The minimum absolute atomic E-state index is 0.116. The highest BCUT2D eigenvalue weighted by Crippen LogP contribution is 2.35. The first-order valence-corrected chi connectivity index (χ1v) is 10.2. The monoisotopic (exact) mass is 420 g/mol. The average Bonchev–Trinajstić information content (AvgIpc) is 3.13. The van der Waals surface area contributed by atoms with Gasteiger partial charge in [-0.3, -0.25) is 25.1 Å². The largest absolute Gasteiger partial charge is 0.493 e. The Morgan fingerprint density at radius 2 is 2.10 bits per heavy atom. The summed E-state index contributed by atoms with van der Waals surface area (Å²) < 4.78 is 10.3. The van der Waals surface area contributed by atoms with Crippen LogP contribution in [0, 0.1) is 16.0 Å². The number of amides is 1. The van der Waals surface area contributed by atoms with E-state index in [4.69, 9.17) is 9.47 Å². The number of methoxy groups -OCH3 is 2. The lowest BCUT2D eigenvalue weighted by molar-refractivity contribution is -0.385. The first-order valence-electron chi connectivity index (χ1n) is 9.29. The number of nitrogens with one attached hydrogen (secondary N) is 1. The summed E-state index contributed by atoms with van der Waals surface area (Å²) in [5.74, 6) is 0.475. The number of nitro benzene ring substituents is 1. The van der Waals surface area contributed by atoms with Crippen LogP contribution in [0.5, 0.6) is 11.5 Å². The van der Waals surface area contributed by atoms with Gasteiger partial charge in [-0.15, -0.1) is 11.3 Å². The van der Waals surface area contributed by atoms with Crippen molar-refractivity contribution in [2.24, 2.45) is 5.92 Å². The SMILES string of the molecule is COc1cc(C(=O)Nc2nc(CN3CCC[C@@H](C)C3)cs2)c([N+](=O)[O-])cc1OC. The molecule has 1 aliphatic heterocycles. The van der Waals surface area contributed by atoms with Gasteiger partial charge in [-0.25, -0.2) is 4.98 Å². The second-order valence-electron chi connectivity index (χ2n) is 7.06. The van der Waals surface area contributed by atoms with Gasteiger partial charge in [0, 0.05) is 24.5 Å². The highest BCUT2D eigenvalue weighted by atomic mass is 32.1. The summed E-state index contributed by atoms with van der Waals surface area (Å²) in [5, 5.41) is 16.4. The van der Waals surface area contributed by atoms with Gasteiger partial charge in [-0.2, -0.15) is 0 Å². The van der Waals surface area contributed by atoms with Crippen LogP contribution in [0.2, 0.25) is 0 Å². The molecule has 1 aromatic heterocycles. The molecule has 1 aromatic carbocycles. The van der Waals surface area contributed by atoms with Crippen LogP contribution in [0.25, 0.3) is 0 Å². The number of aromatic nitrogens is 1. The van der Waals surface area contributed by atoms with Crippen molar-refractivity contribution in [2.75, 3.05) is 32.6 Å². The van der Waals surface area contributed by atoms with E-state index in [-0.39, 0.29) is 22.7 Å². The van der Waals surface area contributed by atoms with Crippen molar-refractivity contribution in [1.29, 1.82) is 0 Å². The minimum Gasteiger partial charge on any atom is -0.493 e. The predicted molar refractivity (Wildman–Crippen MR) is 110 cm³/mol. The van der Waals surface area contributed by atoms with E-state index in [2.05, 4.69) is 22.1 Å². The molecule has 3 rings (SSSR count). The molecule has 0 bridgehead atoms. The van der Waals surface area contributed by atoms with Crippen molar-refractivity contribution in [3.8, 4) is 11.5 Å². The van der Waals surface area contributed by atoms with Gasteiger partial charge < -0.3 is 9.47 Å². The maximum Gasteiger partial charge on any atom is 0.286 e. The number of carbonyl (C=O) groups is 1. The third-order valence-corrected chi connectivity index (χ3v) is 5.65.